The molecule has 0 heterocycles. The van der Waals surface area contributed by atoms with Crippen molar-refractivity contribution >= 4 is 60.3 Å². The van der Waals surface area contributed by atoms with E-state index in [4.69, 9.17) is 43.9 Å². The van der Waals surface area contributed by atoms with E-state index in [0.717, 1.165) is 0 Å². The van der Waals surface area contributed by atoms with Gasteiger partial charge in [0, 0.05) is 0 Å². The standard InChI is InChI=1S/C7H3Cl3O7S2/c8-4-2(7(10)11)1-3(18(12,13)14)5(9)6(4)19(15,16)17/h1H,(H,12,13,14)(H,15,16,17). The van der Waals surface area contributed by atoms with E-state index in [-0.39, 0.29) is 0 Å². The van der Waals surface area contributed by atoms with Crippen molar-refractivity contribution in [2.45, 2.75) is 9.79 Å². The van der Waals surface area contributed by atoms with Gasteiger partial charge in [-0.15, -0.1) is 0 Å². The zero-order chi connectivity index (χ0) is 15.2. The fraction of sp³-hybridized carbons (Fsp3) is 0. The highest BCUT2D eigenvalue weighted by Crippen LogP contribution is 2.37. The van der Waals surface area contributed by atoms with E-state index in [1.165, 1.54) is 0 Å². The monoisotopic (exact) mass is 368 g/mol. The van der Waals surface area contributed by atoms with Crippen LogP contribution in [0.15, 0.2) is 15.9 Å². The smallest absolute Gasteiger partial charge is 0.282 e. The van der Waals surface area contributed by atoms with Gasteiger partial charge in [0.05, 0.1) is 15.6 Å². The van der Waals surface area contributed by atoms with Gasteiger partial charge in [-0.2, -0.15) is 16.8 Å². The minimum atomic E-state index is -5.05. The molecule has 0 aliphatic heterocycles. The molecule has 2 N–H and O–H groups in total. The average molecular weight is 370 g/mol. The number of carbonyl (C=O) groups excluding carboxylic acids is 1. The molecular formula is C7H3Cl3O7S2. The van der Waals surface area contributed by atoms with Crippen molar-refractivity contribution in [3.8, 4) is 0 Å². The Morgan fingerprint density at radius 3 is 1.79 bits per heavy atom. The second-order valence-corrected chi connectivity index (χ2v) is 6.95. The Morgan fingerprint density at radius 1 is 1.00 bits per heavy atom. The van der Waals surface area contributed by atoms with Crippen LogP contribution in [-0.2, 0) is 20.2 Å². The van der Waals surface area contributed by atoms with Crippen LogP contribution in [0.25, 0.3) is 0 Å². The highest BCUT2D eigenvalue weighted by Gasteiger charge is 2.30. The average Bonchev–Trinajstić information content (AvgIpc) is 2.12. The molecule has 0 aliphatic rings. The highest BCUT2D eigenvalue weighted by molar-refractivity contribution is 7.87. The van der Waals surface area contributed by atoms with Gasteiger partial charge in [-0.1, -0.05) is 23.2 Å². The Morgan fingerprint density at radius 2 is 1.47 bits per heavy atom. The zero-order valence-corrected chi connectivity index (χ0v) is 12.4. The number of carbonyl (C=O) groups is 1. The maximum absolute atomic E-state index is 11.1. The van der Waals surface area contributed by atoms with E-state index in [2.05, 4.69) is 0 Å². The molecule has 1 rings (SSSR count). The first kappa shape index (κ1) is 16.6. The fourth-order valence-electron chi connectivity index (χ4n) is 1.15. The van der Waals surface area contributed by atoms with Gasteiger partial charge < -0.3 is 0 Å². The molecular weight excluding hydrogens is 367 g/mol. The van der Waals surface area contributed by atoms with Gasteiger partial charge in [0.2, 0.25) is 0 Å². The van der Waals surface area contributed by atoms with Crippen molar-refractivity contribution in [1.29, 1.82) is 0 Å². The quantitative estimate of drug-likeness (QED) is 0.615. The van der Waals surface area contributed by atoms with E-state index in [1.807, 2.05) is 0 Å². The molecule has 0 unspecified atom stereocenters. The largest absolute Gasteiger partial charge is 0.297 e. The molecule has 0 bridgehead atoms. The number of hydrogen-bond donors (Lipinski definition) is 2. The summed E-state index contributed by atoms with van der Waals surface area (Å²) in [6, 6.07) is 0.490. The van der Waals surface area contributed by atoms with E-state index >= 15 is 0 Å². The maximum Gasteiger partial charge on any atom is 0.297 e. The van der Waals surface area contributed by atoms with Crippen LogP contribution in [-0.4, -0.2) is 31.2 Å². The van der Waals surface area contributed by atoms with Crippen molar-refractivity contribution in [1.82, 2.24) is 0 Å². The van der Waals surface area contributed by atoms with Crippen LogP contribution >= 0.6 is 34.8 Å². The molecule has 0 spiro atoms. The van der Waals surface area contributed by atoms with Crippen molar-refractivity contribution in [3.63, 3.8) is 0 Å². The van der Waals surface area contributed by atoms with Gasteiger partial charge in [-0.3, -0.25) is 13.9 Å². The lowest BCUT2D eigenvalue weighted by Crippen LogP contribution is -2.09. The molecule has 0 aliphatic carbocycles. The summed E-state index contributed by atoms with van der Waals surface area (Å²) in [6.45, 7) is 0. The molecule has 19 heavy (non-hydrogen) atoms. The molecule has 1 aromatic rings. The predicted octanol–water partition coefficient (Wildman–Crippen LogP) is 1.87. The number of halogens is 3. The van der Waals surface area contributed by atoms with Gasteiger partial charge in [0.25, 0.3) is 25.5 Å². The normalized spacial score (nSPS) is 12.5. The van der Waals surface area contributed by atoms with E-state index < -0.39 is 50.9 Å². The Bertz CT molecular complexity index is 766. The van der Waals surface area contributed by atoms with Crippen LogP contribution in [0.5, 0.6) is 0 Å². The Labute approximate surface area is 122 Å². The summed E-state index contributed by atoms with van der Waals surface area (Å²) < 4.78 is 62.0. The molecule has 0 saturated heterocycles. The molecule has 0 atom stereocenters. The summed E-state index contributed by atoms with van der Waals surface area (Å²) in [5.74, 6) is 0. The Balaban J connectivity index is 4.05. The predicted molar refractivity (Wildman–Crippen MR) is 66.3 cm³/mol. The van der Waals surface area contributed by atoms with Gasteiger partial charge >= 0.3 is 0 Å². The van der Waals surface area contributed by atoms with Crippen molar-refractivity contribution in [3.05, 3.63) is 21.7 Å². The Hall–Kier alpha value is -0.420. The van der Waals surface area contributed by atoms with Gasteiger partial charge in [-0.25, -0.2) is 0 Å². The van der Waals surface area contributed by atoms with Crippen molar-refractivity contribution in [2.75, 3.05) is 0 Å². The van der Waals surface area contributed by atoms with E-state index in [1.54, 1.807) is 0 Å². The highest BCUT2D eigenvalue weighted by atomic mass is 35.5. The molecule has 0 fully saturated rings. The summed E-state index contributed by atoms with van der Waals surface area (Å²) in [6.07, 6.45) is 0. The lowest BCUT2D eigenvalue weighted by atomic mass is 10.2. The van der Waals surface area contributed by atoms with Crippen LogP contribution in [0.3, 0.4) is 0 Å². The summed E-state index contributed by atoms with van der Waals surface area (Å²) in [5, 5.41) is -3.23. The third kappa shape index (κ3) is 3.37. The van der Waals surface area contributed by atoms with Crippen molar-refractivity contribution < 1.29 is 30.7 Å². The first-order chi connectivity index (χ1) is 8.37. The maximum atomic E-state index is 11.1. The lowest BCUT2D eigenvalue weighted by molar-refractivity contribution is 0.108. The summed E-state index contributed by atoms with van der Waals surface area (Å²) in [5.41, 5.74) is -0.756. The summed E-state index contributed by atoms with van der Waals surface area (Å²) in [4.78, 5) is 8.65. The first-order valence-corrected chi connectivity index (χ1v) is 8.05. The minimum Gasteiger partial charge on any atom is -0.282 e. The number of hydrogen-bond acceptors (Lipinski definition) is 5. The van der Waals surface area contributed by atoms with Crippen LogP contribution in [0, 0.1) is 0 Å². The molecule has 106 valence electrons. The second kappa shape index (κ2) is 5.17. The minimum absolute atomic E-state index is 0.490. The van der Waals surface area contributed by atoms with Crippen LogP contribution in [0.4, 0.5) is 0 Å². The van der Waals surface area contributed by atoms with Gasteiger partial charge in [-0.05, 0) is 17.7 Å². The molecule has 1 aromatic carbocycles. The molecule has 0 saturated carbocycles. The van der Waals surface area contributed by atoms with Crippen LogP contribution < -0.4 is 0 Å². The second-order valence-electron chi connectivity index (χ2n) is 3.10. The third-order valence-corrected chi connectivity index (χ3v) is 5.00. The topological polar surface area (TPSA) is 126 Å². The zero-order valence-electron chi connectivity index (χ0n) is 8.46. The fourth-order valence-corrected chi connectivity index (χ4v) is 3.99. The number of benzene rings is 1. The molecule has 0 aromatic heterocycles. The molecule has 0 amide bonds. The summed E-state index contributed by atoms with van der Waals surface area (Å²) in [7, 11) is -10.0. The number of rotatable bonds is 3. The molecule has 0 radical (unpaired) electrons. The van der Waals surface area contributed by atoms with Gasteiger partial charge in [0.15, 0.2) is 0 Å². The molecule has 12 heteroatoms. The molecule has 7 nitrogen and oxygen atoms in total. The van der Waals surface area contributed by atoms with Crippen molar-refractivity contribution in [2.24, 2.45) is 0 Å². The summed E-state index contributed by atoms with van der Waals surface area (Å²) >= 11 is 16.0. The first-order valence-electron chi connectivity index (χ1n) is 4.04. The SMILES string of the molecule is O=C(Cl)c1cc(S(=O)(=O)O)c(Cl)c(S(=O)(=O)O)c1Cl. The van der Waals surface area contributed by atoms with Gasteiger partial charge in [0.1, 0.15) is 9.79 Å². The Kier molecular flexibility index (Phi) is 4.52. The van der Waals surface area contributed by atoms with E-state index in [9.17, 15) is 21.6 Å². The third-order valence-electron chi connectivity index (χ3n) is 1.87. The van der Waals surface area contributed by atoms with Crippen LogP contribution in [0.1, 0.15) is 10.4 Å². The lowest BCUT2D eigenvalue weighted by Gasteiger charge is -2.10. The van der Waals surface area contributed by atoms with Crippen LogP contribution in [0.2, 0.25) is 10.0 Å². The van der Waals surface area contributed by atoms with E-state index in [0.29, 0.717) is 6.07 Å².